The molecule has 5 heteroatoms. The summed E-state index contributed by atoms with van der Waals surface area (Å²) in [6, 6.07) is 22.4. The lowest BCUT2D eigenvalue weighted by molar-refractivity contribution is -0.121. The highest BCUT2D eigenvalue weighted by Gasteiger charge is 2.11. The van der Waals surface area contributed by atoms with Crippen molar-refractivity contribution in [3.05, 3.63) is 84.2 Å². The van der Waals surface area contributed by atoms with Crippen LogP contribution in [0.5, 0.6) is 0 Å². The van der Waals surface area contributed by atoms with Crippen LogP contribution in [-0.2, 0) is 11.3 Å². The number of carbonyl (C=O) groups is 1. The second-order valence-electron chi connectivity index (χ2n) is 6.68. The van der Waals surface area contributed by atoms with Gasteiger partial charge >= 0.3 is 0 Å². The largest absolute Gasteiger partial charge is 0.340 e. The Morgan fingerprint density at radius 1 is 0.929 bits per heavy atom. The topological polar surface area (TPSA) is 46.4 Å². The monoisotopic (exact) mass is 373 g/mol. The summed E-state index contributed by atoms with van der Waals surface area (Å²) >= 11 is 0. The Kier molecular flexibility index (Phi) is 4.89. The molecule has 1 N–H and O–H groups in total. The number of benzene rings is 3. The van der Waals surface area contributed by atoms with Crippen molar-refractivity contribution in [1.29, 1.82) is 0 Å². The summed E-state index contributed by atoms with van der Waals surface area (Å²) in [6.07, 6.45) is 0.308. The van der Waals surface area contributed by atoms with Crippen LogP contribution in [0.15, 0.2) is 77.9 Å². The Morgan fingerprint density at radius 2 is 1.50 bits per heavy atom. The predicted molar refractivity (Wildman–Crippen MR) is 111 cm³/mol. The first-order valence-electron chi connectivity index (χ1n) is 9.18. The number of nitrogens with one attached hydrogen (secondary N) is 1. The van der Waals surface area contributed by atoms with E-state index >= 15 is 0 Å². The first-order chi connectivity index (χ1) is 13.6. The van der Waals surface area contributed by atoms with E-state index in [0.29, 0.717) is 18.7 Å². The fourth-order valence-electron chi connectivity index (χ4n) is 3.42. The van der Waals surface area contributed by atoms with Crippen LogP contribution in [0.4, 0.5) is 4.39 Å². The van der Waals surface area contributed by atoms with E-state index in [1.807, 2.05) is 24.3 Å². The van der Waals surface area contributed by atoms with Crippen molar-refractivity contribution in [3.8, 4) is 0 Å². The molecule has 4 rings (SSSR count). The Balaban J connectivity index is 1.49. The van der Waals surface area contributed by atoms with Crippen LogP contribution in [0.1, 0.15) is 18.9 Å². The predicted octanol–water partition coefficient (Wildman–Crippen LogP) is 4.86. The number of para-hydroxylation sites is 2. The van der Waals surface area contributed by atoms with Crippen LogP contribution in [0.25, 0.3) is 21.8 Å². The molecule has 0 spiro atoms. The number of fused-ring (bicyclic) bond motifs is 3. The van der Waals surface area contributed by atoms with Gasteiger partial charge in [-0.1, -0.05) is 48.5 Å². The maximum absolute atomic E-state index is 13.0. The number of rotatable bonds is 5. The van der Waals surface area contributed by atoms with Gasteiger partial charge in [0.2, 0.25) is 5.91 Å². The van der Waals surface area contributed by atoms with E-state index < -0.39 is 0 Å². The summed E-state index contributed by atoms with van der Waals surface area (Å²) in [7, 11) is 0. The van der Waals surface area contributed by atoms with E-state index in [1.54, 1.807) is 19.1 Å². The molecule has 0 bridgehead atoms. The van der Waals surface area contributed by atoms with Gasteiger partial charge in [-0.25, -0.2) is 9.82 Å². The number of hydrazone groups is 1. The molecule has 0 saturated carbocycles. The van der Waals surface area contributed by atoms with Gasteiger partial charge in [-0.15, -0.1) is 0 Å². The molecule has 1 amide bonds. The number of halogens is 1. The molecule has 1 aromatic heterocycles. The zero-order valence-corrected chi connectivity index (χ0v) is 15.5. The Morgan fingerprint density at radius 3 is 2.11 bits per heavy atom. The molecule has 3 aromatic carbocycles. The van der Waals surface area contributed by atoms with E-state index in [0.717, 1.165) is 16.6 Å². The highest BCUT2D eigenvalue weighted by atomic mass is 19.1. The lowest BCUT2D eigenvalue weighted by Gasteiger charge is -2.07. The maximum Gasteiger partial charge on any atom is 0.241 e. The molecule has 0 radical (unpaired) electrons. The molecule has 4 aromatic rings. The fraction of sp³-hybridized carbons (Fsp3) is 0.130. The van der Waals surface area contributed by atoms with Gasteiger partial charge < -0.3 is 4.57 Å². The highest BCUT2D eigenvalue weighted by molar-refractivity contribution is 6.08. The summed E-state index contributed by atoms with van der Waals surface area (Å²) in [6.45, 7) is 2.34. The quantitative estimate of drug-likeness (QED) is 0.394. The first kappa shape index (κ1) is 17.9. The molecule has 0 atom stereocenters. The minimum atomic E-state index is -0.299. The van der Waals surface area contributed by atoms with Gasteiger partial charge in [-0.3, -0.25) is 4.79 Å². The summed E-state index contributed by atoms with van der Waals surface area (Å²) in [4.78, 5) is 12.3. The number of aromatic nitrogens is 1. The molecule has 0 saturated heterocycles. The van der Waals surface area contributed by atoms with E-state index in [1.165, 1.54) is 22.9 Å². The highest BCUT2D eigenvalue weighted by Crippen LogP contribution is 2.28. The molecule has 28 heavy (non-hydrogen) atoms. The van der Waals surface area contributed by atoms with Crippen molar-refractivity contribution in [2.45, 2.75) is 19.9 Å². The number of nitrogens with zero attached hydrogens (tertiary/aromatic N) is 2. The molecule has 0 aliphatic rings. The summed E-state index contributed by atoms with van der Waals surface area (Å²) < 4.78 is 15.2. The normalized spacial score (nSPS) is 11.9. The van der Waals surface area contributed by atoms with Gasteiger partial charge in [0.15, 0.2) is 0 Å². The fourth-order valence-corrected chi connectivity index (χ4v) is 3.42. The Labute approximate surface area is 162 Å². The third kappa shape index (κ3) is 3.51. The molecule has 0 unspecified atom stereocenters. The molecule has 140 valence electrons. The van der Waals surface area contributed by atoms with Gasteiger partial charge in [-0.2, -0.15) is 5.10 Å². The second-order valence-corrected chi connectivity index (χ2v) is 6.68. The van der Waals surface area contributed by atoms with Crippen molar-refractivity contribution in [2.24, 2.45) is 5.10 Å². The average molecular weight is 373 g/mol. The third-order valence-corrected chi connectivity index (χ3v) is 4.85. The van der Waals surface area contributed by atoms with Crippen LogP contribution in [0.3, 0.4) is 0 Å². The number of amides is 1. The van der Waals surface area contributed by atoms with Crippen LogP contribution < -0.4 is 5.43 Å². The minimum absolute atomic E-state index is 0.164. The molecule has 0 fully saturated rings. The van der Waals surface area contributed by atoms with Gasteiger partial charge in [-0.05, 0) is 36.8 Å². The van der Waals surface area contributed by atoms with Crippen molar-refractivity contribution < 1.29 is 9.18 Å². The summed E-state index contributed by atoms with van der Waals surface area (Å²) in [5.41, 5.74) is 6.22. The molecular weight excluding hydrogens is 353 g/mol. The number of aryl methyl sites for hydroxylation is 1. The van der Waals surface area contributed by atoms with Gasteiger partial charge in [0, 0.05) is 34.8 Å². The average Bonchev–Trinajstić information content (AvgIpc) is 3.05. The van der Waals surface area contributed by atoms with Crippen molar-refractivity contribution in [2.75, 3.05) is 0 Å². The molecule has 1 heterocycles. The van der Waals surface area contributed by atoms with Crippen LogP contribution in [0.2, 0.25) is 0 Å². The lowest BCUT2D eigenvalue weighted by Crippen LogP contribution is -2.20. The van der Waals surface area contributed by atoms with Crippen LogP contribution >= 0.6 is 0 Å². The maximum atomic E-state index is 13.0. The van der Waals surface area contributed by atoms with Crippen molar-refractivity contribution in [3.63, 3.8) is 0 Å². The van der Waals surface area contributed by atoms with E-state index in [4.69, 9.17) is 0 Å². The second kappa shape index (κ2) is 7.64. The molecular formula is C23H20FN3O. The van der Waals surface area contributed by atoms with Crippen LogP contribution in [0, 0.1) is 5.82 Å². The zero-order chi connectivity index (χ0) is 19.5. The smallest absolute Gasteiger partial charge is 0.241 e. The molecule has 0 aliphatic carbocycles. The number of hydrogen-bond acceptors (Lipinski definition) is 2. The van der Waals surface area contributed by atoms with E-state index in [-0.39, 0.29) is 11.7 Å². The third-order valence-electron chi connectivity index (χ3n) is 4.85. The van der Waals surface area contributed by atoms with Crippen molar-refractivity contribution in [1.82, 2.24) is 9.99 Å². The van der Waals surface area contributed by atoms with E-state index in [2.05, 4.69) is 39.4 Å². The van der Waals surface area contributed by atoms with Crippen LogP contribution in [-0.4, -0.2) is 16.2 Å². The number of carbonyl (C=O) groups excluding carboxylic acids is 1. The molecule has 4 nitrogen and oxygen atoms in total. The standard InChI is InChI=1S/C23H20FN3O/c1-16(17-10-12-18(24)13-11-17)25-26-23(28)14-15-27-21-8-4-2-6-19(21)20-7-3-5-9-22(20)27/h2-13H,14-15H2,1H3,(H,26,28). The zero-order valence-electron chi connectivity index (χ0n) is 15.5. The van der Waals surface area contributed by atoms with Gasteiger partial charge in [0.1, 0.15) is 5.82 Å². The van der Waals surface area contributed by atoms with Gasteiger partial charge in [0.25, 0.3) is 0 Å². The minimum Gasteiger partial charge on any atom is -0.340 e. The van der Waals surface area contributed by atoms with E-state index in [9.17, 15) is 9.18 Å². The molecule has 0 aliphatic heterocycles. The Bertz CT molecular complexity index is 1120. The van der Waals surface area contributed by atoms with Gasteiger partial charge in [0.05, 0.1) is 5.71 Å². The number of hydrogen-bond donors (Lipinski definition) is 1. The first-order valence-corrected chi connectivity index (χ1v) is 9.18. The van der Waals surface area contributed by atoms with Crippen molar-refractivity contribution >= 4 is 33.4 Å². The summed E-state index contributed by atoms with van der Waals surface area (Å²) in [5.74, 6) is -0.463. The Hall–Kier alpha value is -3.47. The SMILES string of the molecule is CC(=NNC(=O)CCn1c2ccccc2c2ccccc21)c1ccc(F)cc1. The summed E-state index contributed by atoms with van der Waals surface area (Å²) in [5, 5.41) is 6.50. The lowest BCUT2D eigenvalue weighted by atomic mass is 10.1.